The average molecular weight is 294 g/mol. The SMILES string of the molecule is Cc1cc(N2CCC(NC(=O)OC(C)(C)C)C2)ccc1F. The van der Waals surface area contributed by atoms with Crippen molar-refractivity contribution in [1.82, 2.24) is 5.32 Å². The molecule has 1 atom stereocenters. The first-order valence-electron chi connectivity index (χ1n) is 7.25. The highest BCUT2D eigenvalue weighted by atomic mass is 19.1. The summed E-state index contributed by atoms with van der Waals surface area (Å²) < 4.78 is 18.6. The maximum absolute atomic E-state index is 13.3. The van der Waals surface area contributed by atoms with Gasteiger partial charge < -0.3 is 15.0 Å². The van der Waals surface area contributed by atoms with Gasteiger partial charge in [0, 0.05) is 18.8 Å². The second-order valence-corrected chi connectivity index (χ2v) is 6.51. The third-order valence-electron chi connectivity index (χ3n) is 3.42. The van der Waals surface area contributed by atoms with E-state index in [9.17, 15) is 9.18 Å². The van der Waals surface area contributed by atoms with Crippen molar-refractivity contribution in [3.63, 3.8) is 0 Å². The highest BCUT2D eigenvalue weighted by Crippen LogP contribution is 2.23. The second kappa shape index (κ2) is 5.92. The largest absolute Gasteiger partial charge is 0.444 e. The normalized spacial score (nSPS) is 18.7. The van der Waals surface area contributed by atoms with Crippen LogP contribution in [0.3, 0.4) is 0 Å². The van der Waals surface area contributed by atoms with E-state index in [4.69, 9.17) is 4.74 Å². The fourth-order valence-electron chi connectivity index (χ4n) is 2.41. The van der Waals surface area contributed by atoms with Crippen LogP contribution in [0.25, 0.3) is 0 Å². The molecule has 1 aromatic rings. The van der Waals surface area contributed by atoms with Crippen LogP contribution in [0.5, 0.6) is 0 Å². The molecule has 0 aliphatic carbocycles. The lowest BCUT2D eigenvalue weighted by Crippen LogP contribution is -2.40. The number of aryl methyl sites for hydroxylation is 1. The van der Waals surface area contributed by atoms with Crippen molar-refractivity contribution in [2.24, 2.45) is 0 Å². The van der Waals surface area contributed by atoms with Crippen LogP contribution in [0.15, 0.2) is 18.2 Å². The van der Waals surface area contributed by atoms with Crippen molar-refractivity contribution >= 4 is 11.8 Å². The summed E-state index contributed by atoms with van der Waals surface area (Å²) in [7, 11) is 0. The van der Waals surface area contributed by atoms with Crippen LogP contribution in [0.1, 0.15) is 32.8 Å². The van der Waals surface area contributed by atoms with Crippen LogP contribution in [0.4, 0.5) is 14.9 Å². The van der Waals surface area contributed by atoms with Gasteiger partial charge in [-0.25, -0.2) is 9.18 Å². The lowest BCUT2D eigenvalue weighted by molar-refractivity contribution is 0.0509. The minimum Gasteiger partial charge on any atom is -0.444 e. The lowest BCUT2D eigenvalue weighted by Gasteiger charge is -2.22. The highest BCUT2D eigenvalue weighted by molar-refractivity contribution is 5.68. The summed E-state index contributed by atoms with van der Waals surface area (Å²) in [5.41, 5.74) is 1.13. The molecule has 1 fully saturated rings. The first-order valence-corrected chi connectivity index (χ1v) is 7.25. The molecule has 21 heavy (non-hydrogen) atoms. The Morgan fingerprint density at radius 3 is 2.76 bits per heavy atom. The fourth-order valence-corrected chi connectivity index (χ4v) is 2.41. The number of carbonyl (C=O) groups is 1. The van der Waals surface area contributed by atoms with Crippen LogP contribution in [-0.2, 0) is 4.74 Å². The van der Waals surface area contributed by atoms with E-state index in [1.165, 1.54) is 6.07 Å². The van der Waals surface area contributed by atoms with E-state index in [-0.39, 0.29) is 18.0 Å². The molecule has 1 amide bonds. The number of nitrogens with zero attached hydrogens (tertiary/aromatic N) is 1. The molecule has 1 aliphatic rings. The van der Waals surface area contributed by atoms with E-state index in [1.54, 1.807) is 13.0 Å². The number of carbonyl (C=O) groups excluding carboxylic acids is 1. The van der Waals surface area contributed by atoms with Gasteiger partial charge in [-0.3, -0.25) is 0 Å². The zero-order chi connectivity index (χ0) is 15.6. The Hall–Kier alpha value is -1.78. The number of hydrogen-bond acceptors (Lipinski definition) is 3. The Labute approximate surface area is 125 Å². The van der Waals surface area contributed by atoms with E-state index >= 15 is 0 Å². The summed E-state index contributed by atoms with van der Waals surface area (Å²) in [6, 6.07) is 5.16. The predicted molar refractivity (Wildman–Crippen MR) is 81.1 cm³/mol. The predicted octanol–water partition coefficient (Wildman–Crippen LogP) is 3.24. The minimum atomic E-state index is -0.490. The molecule has 0 saturated carbocycles. The maximum atomic E-state index is 13.3. The summed E-state index contributed by atoms with van der Waals surface area (Å²) in [5.74, 6) is -0.193. The van der Waals surface area contributed by atoms with Gasteiger partial charge in [-0.05, 0) is 57.9 Å². The molecular weight excluding hydrogens is 271 g/mol. The van der Waals surface area contributed by atoms with Gasteiger partial charge in [-0.1, -0.05) is 0 Å². The van der Waals surface area contributed by atoms with Crippen molar-refractivity contribution < 1.29 is 13.9 Å². The maximum Gasteiger partial charge on any atom is 0.407 e. The van der Waals surface area contributed by atoms with E-state index in [2.05, 4.69) is 10.2 Å². The Morgan fingerprint density at radius 2 is 2.14 bits per heavy atom. The summed E-state index contributed by atoms with van der Waals surface area (Å²) in [6.07, 6.45) is 0.472. The number of amides is 1. The third kappa shape index (κ3) is 4.34. The van der Waals surface area contributed by atoms with Crippen LogP contribution < -0.4 is 10.2 Å². The molecule has 0 spiro atoms. The van der Waals surface area contributed by atoms with Crippen LogP contribution >= 0.6 is 0 Å². The molecule has 4 nitrogen and oxygen atoms in total. The minimum absolute atomic E-state index is 0.0604. The zero-order valence-corrected chi connectivity index (χ0v) is 13.1. The molecule has 1 heterocycles. The Balaban J connectivity index is 1.91. The Morgan fingerprint density at radius 1 is 1.43 bits per heavy atom. The molecular formula is C16H23FN2O2. The molecule has 116 valence electrons. The zero-order valence-electron chi connectivity index (χ0n) is 13.1. The number of alkyl carbamates (subject to hydrolysis) is 1. The monoisotopic (exact) mass is 294 g/mol. The van der Waals surface area contributed by atoms with Gasteiger partial charge in [0.05, 0.1) is 6.04 Å². The van der Waals surface area contributed by atoms with E-state index < -0.39 is 5.60 Å². The number of rotatable bonds is 2. The molecule has 0 radical (unpaired) electrons. The summed E-state index contributed by atoms with van der Waals surface area (Å²) >= 11 is 0. The van der Waals surface area contributed by atoms with Crippen LogP contribution in [-0.4, -0.2) is 30.8 Å². The van der Waals surface area contributed by atoms with Crippen molar-refractivity contribution in [3.05, 3.63) is 29.6 Å². The van der Waals surface area contributed by atoms with Gasteiger partial charge in [0.2, 0.25) is 0 Å². The smallest absolute Gasteiger partial charge is 0.407 e. The van der Waals surface area contributed by atoms with E-state index in [0.717, 1.165) is 18.7 Å². The van der Waals surface area contributed by atoms with E-state index in [0.29, 0.717) is 12.1 Å². The van der Waals surface area contributed by atoms with E-state index in [1.807, 2.05) is 26.8 Å². The first-order chi connectivity index (χ1) is 9.74. The van der Waals surface area contributed by atoms with Crippen molar-refractivity contribution in [3.8, 4) is 0 Å². The molecule has 1 aliphatic heterocycles. The average Bonchev–Trinajstić information content (AvgIpc) is 2.78. The number of benzene rings is 1. The number of nitrogens with one attached hydrogen (secondary N) is 1. The molecule has 0 aromatic heterocycles. The standard InChI is InChI=1S/C16H23FN2O2/c1-11-9-13(5-6-14(11)17)19-8-7-12(10-19)18-15(20)21-16(2,3)4/h5-6,9,12H,7-8,10H2,1-4H3,(H,18,20). The fraction of sp³-hybridized carbons (Fsp3) is 0.562. The van der Waals surface area contributed by atoms with Crippen molar-refractivity contribution in [2.75, 3.05) is 18.0 Å². The Bertz CT molecular complexity index is 525. The van der Waals surface area contributed by atoms with Gasteiger partial charge in [-0.2, -0.15) is 0 Å². The summed E-state index contributed by atoms with van der Waals surface area (Å²) in [4.78, 5) is 13.9. The summed E-state index contributed by atoms with van der Waals surface area (Å²) in [6.45, 7) is 8.83. The van der Waals surface area contributed by atoms with Gasteiger partial charge >= 0.3 is 6.09 Å². The van der Waals surface area contributed by atoms with Gasteiger partial charge in [0.1, 0.15) is 11.4 Å². The molecule has 5 heteroatoms. The van der Waals surface area contributed by atoms with Crippen LogP contribution in [0, 0.1) is 12.7 Å². The van der Waals surface area contributed by atoms with Gasteiger partial charge in [0.15, 0.2) is 0 Å². The number of halogens is 1. The quantitative estimate of drug-likeness (QED) is 0.910. The number of anilines is 1. The number of ether oxygens (including phenoxy) is 1. The summed E-state index contributed by atoms with van der Waals surface area (Å²) in [5, 5.41) is 2.88. The van der Waals surface area contributed by atoms with Crippen molar-refractivity contribution in [2.45, 2.75) is 45.8 Å². The molecule has 1 saturated heterocycles. The molecule has 1 unspecified atom stereocenters. The topological polar surface area (TPSA) is 41.6 Å². The molecule has 0 bridgehead atoms. The van der Waals surface area contributed by atoms with Gasteiger partial charge in [-0.15, -0.1) is 0 Å². The molecule has 1 aromatic carbocycles. The second-order valence-electron chi connectivity index (χ2n) is 6.51. The molecule has 1 N–H and O–H groups in total. The first kappa shape index (κ1) is 15.6. The van der Waals surface area contributed by atoms with Crippen LogP contribution in [0.2, 0.25) is 0 Å². The molecule has 2 rings (SSSR count). The van der Waals surface area contributed by atoms with Crippen molar-refractivity contribution in [1.29, 1.82) is 0 Å². The van der Waals surface area contributed by atoms with Gasteiger partial charge in [0.25, 0.3) is 0 Å². The highest BCUT2D eigenvalue weighted by Gasteiger charge is 2.26. The Kier molecular flexibility index (Phi) is 4.40. The third-order valence-corrected chi connectivity index (χ3v) is 3.42. The lowest BCUT2D eigenvalue weighted by atomic mass is 10.2. The number of hydrogen-bond donors (Lipinski definition) is 1.